The second-order valence-electron chi connectivity index (χ2n) is 7.12. The van der Waals surface area contributed by atoms with Gasteiger partial charge in [0.25, 0.3) is 0 Å². The van der Waals surface area contributed by atoms with E-state index in [1.165, 1.54) is 12.8 Å². The molecular formula is C16H31NO2. The zero-order valence-electron chi connectivity index (χ0n) is 13.1. The summed E-state index contributed by atoms with van der Waals surface area (Å²) in [4.78, 5) is 11.4. The molecule has 1 aliphatic rings. The Morgan fingerprint density at radius 2 is 1.89 bits per heavy atom. The summed E-state index contributed by atoms with van der Waals surface area (Å²) in [7, 11) is 0. The Kier molecular flexibility index (Phi) is 6.31. The average molecular weight is 269 g/mol. The van der Waals surface area contributed by atoms with E-state index in [0.29, 0.717) is 36.1 Å². The molecule has 0 bridgehead atoms. The van der Waals surface area contributed by atoms with Gasteiger partial charge in [-0.2, -0.15) is 0 Å². The summed E-state index contributed by atoms with van der Waals surface area (Å²) in [5.74, 6) is 1.66. The maximum atomic E-state index is 11.4. The fraction of sp³-hybridized carbons (Fsp3) is 0.938. The third-order valence-electron chi connectivity index (χ3n) is 4.44. The fourth-order valence-electron chi connectivity index (χ4n) is 3.36. The van der Waals surface area contributed by atoms with Crippen molar-refractivity contribution in [2.24, 2.45) is 23.7 Å². The highest BCUT2D eigenvalue weighted by molar-refractivity contribution is 5.73. The first-order chi connectivity index (χ1) is 8.81. The first kappa shape index (κ1) is 16.5. The predicted molar refractivity (Wildman–Crippen MR) is 79.1 cm³/mol. The van der Waals surface area contributed by atoms with Crippen LogP contribution in [0.2, 0.25) is 0 Å². The topological polar surface area (TPSA) is 49.3 Å². The normalized spacial score (nSPS) is 29.7. The van der Waals surface area contributed by atoms with Crippen LogP contribution in [0.4, 0.5) is 0 Å². The van der Waals surface area contributed by atoms with Gasteiger partial charge in [0.05, 0.1) is 0 Å². The second-order valence-corrected chi connectivity index (χ2v) is 7.12. The highest BCUT2D eigenvalue weighted by atomic mass is 16.4. The maximum Gasteiger partial charge on any atom is 0.320 e. The molecule has 1 aliphatic carbocycles. The summed E-state index contributed by atoms with van der Waals surface area (Å²) in [6.45, 7) is 11.0. The Hall–Kier alpha value is -0.570. The van der Waals surface area contributed by atoms with Crippen molar-refractivity contribution < 1.29 is 9.90 Å². The van der Waals surface area contributed by atoms with Gasteiger partial charge in [0.1, 0.15) is 6.04 Å². The smallest absolute Gasteiger partial charge is 0.320 e. The summed E-state index contributed by atoms with van der Waals surface area (Å²) in [5.41, 5.74) is 0. The van der Waals surface area contributed by atoms with E-state index in [2.05, 4.69) is 39.9 Å². The van der Waals surface area contributed by atoms with Gasteiger partial charge in [-0.1, -0.05) is 41.0 Å². The van der Waals surface area contributed by atoms with Crippen LogP contribution < -0.4 is 5.32 Å². The lowest BCUT2D eigenvalue weighted by molar-refractivity contribution is -0.140. The number of hydrogen-bond acceptors (Lipinski definition) is 2. The first-order valence-corrected chi connectivity index (χ1v) is 7.80. The molecule has 0 saturated heterocycles. The molecular weight excluding hydrogens is 238 g/mol. The lowest BCUT2D eigenvalue weighted by Crippen LogP contribution is -2.50. The van der Waals surface area contributed by atoms with Crippen LogP contribution in [0.5, 0.6) is 0 Å². The van der Waals surface area contributed by atoms with Gasteiger partial charge >= 0.3 is 5.97 Å². The molecule has 0 amide bonds. The SMILES string of the molecule is CC(C)CC(NC1CC(C)CCC1C(C)C)C(=O)O. The average Bonchev–Trinajstić information content (AvgIpc) is 2.26. The van der Waals surface area contributed by atoms with E-state index in [-0.39, 0.29) is 0 Å². The van der Waals surface area contributed by atoms with Gasteiger partial charge < -0.3 is 10.4 Å². The molecule has 0 spiro atoms. The number of rotatable bonds is 6. The molecule has 2 N–H and O–H groups in total. The highest BCUT2D eigenvalue weighted by Crippen LogP contribution is 2.33. The lowest BCUT2D eigenvalue weighted by atomic mass is 9.73. The van der Waals surface area contributed by atoms with E-state index in [4.69, 9.17) is 0 Å². The van der Waals surface area contributed by atoms with Crippen molar-refractivity contribution in [2.75, 3.05) is 0 Å². The van der Waals surface area contributed by atoms with Crippen LogP contribution in [-0.2, 0) is 4.79 Å². The third kappa shape index (κ3) is 5.13. The van der Waals surface area contributed by atoms with E-state index in [1.807, 2.05) is 0 Å². The largest absolute Gasteiger partial charge is 0.480 e. The summed E-state index contributed by atoms with van der Waals surface area (Å²) in [6.07, 6.45) is 4.34. The van der Waals surface area contributed by atoms with Gasteiger partial charge in [0.15, 0.2) is 0 Å². The number of carbonyl (C=O) groups is 1. The van der Waals surface area contributed by atoms with Crippen LogP contribution >= 0.6 is 0 Å². The molecule has 0 aliphatic heterocycles. The zero-order valence-corrected chi connectivity index (χ0v) is 13.1. The Morgan fingerprint density at radius 3 is 2.37 bits per heavy atom. The molecule has 3 nitrogen and oxygen atoms in total. The van der Waals surface area contributed by atoms with Gasteiger partial charge in [0.2, 0.25) is 0 Å². The molecule has 4 atom stereocenters. The molecule has 3 heteroatoms. The summed E-state index contributed by atoms with van der Waals surface area (Å²) >= 11 is 0. The van der Waals surface area contributed by atoms with Crippen LogP contribution in [0, 0.1) is 23.7 Å². The van der Waals surface area contributed by atoms with Gasteiger partial charge in [0, 0.05) is 6.04 Å². The highest BCUT2D eigenvalue weighted by Gasteiger charge is 2.33. The van der Waals surface area contributed by atoms with Crippen LogP contribution in [0.1, 0.15) is 60.3 Å². The molecule has 0 radical (unpaired) electrons. The summed E-state index contributed by atoms with van der Waals surface area (Å²) < 4.78 is 0. The Balaban J connectivity index is 2.69. The van der Waals surface area contributed by atoms with Crippen molar-refractivity contribution in [3.05, 3.63) is 0 Å². The number of hydrogen-bond donors (Lipinski definition) is 2. The van der Waals surface area contributed by atoms with Crippen LogP contribution in [0.3, 0.4) is 0 Å². The van der Waals surface area contributed by atoms with Gasteiger partial charge in [-0.15, -0.1) is 0 Å². The number of carboxylic acid groups (broad SMARTS) is 1. The Bertz CT molecular complexity index is 288. The van der Waals surface area contributed by atoms with Crippen LogP contribution in [0.25, 0.3) is 0 Å². The molecule has 0 aromatic heterocycles. The lowest BCUT2D eigenvalue weighted by Gasteiger charge is -2.39. The second kappa shape index (κ2) is 7.28. The van der Waals surface area contributed by atoms with Crippen molar-refractivity contribution in [1.82, 2.24) is 5.32 Å². The minimum absolute atomic E-state index is 0.364. The number of carboxylic acids is 1. The fourth-order valence-corrected chi connectivity index (χ4v) is 3.36. The minimum Gasteiger partial charge on any atom is -0.480 e. The quantitative estimate of drug-likeness (QED) is 0.775. The van der Waals surface area contributed by atoms with Crippen molar-refractivity contribution in [3.8, 4) is 0 Å². The van der Waals surface area contributed by atoms with Crippen LogP contribution in [-0.4, -0.2) is 23.2 Å². The first-order valence-electron chi connectivity index (χ1n) is 7.80. The van der Waals surface area contributed by atoms with Gasteiger partial charge in [-0.05, 0) is 42.9 Å². The Labute approximate surface area is 118 Å². The van der Waals surface area contributed by atoms with Crippen molar-refractivity contribution in [3.63, 3.8) is 0 Å². The van der Waals surface area contributed by atoms with Gasteiger partial charge in [-0.25, -0.2) is 0 Å². The monoisotopic (exact) mass is 269 g/mol. The molecule has 0 heterocycles. The molecule has 112 valence electrons. The number of nitrogens with one attached hydrogen (secondary N) is 1. The molecule has 19 heavy (non-hydrogen) atoms. The molecule has 1 saturated carbocycles. The van der Waals surface area contributed by atoms with E-state index >= 15 is 0 Å². The minimum atomic E-state index is -0.700. The predicted octanol–water partition coefficient (Wildman–Crippen LogP) is 3.54. The third-order valence-corrected chi connectivity index (χ3v) is 4.44. The molecule has 0 aromatic carbocycles. The molecule has 1 rings (SSSR count). The molecule has 1 fully saturated rings. The van der Waals surface area contributed by atoms with E-state index in [1.54, 1.807) is 0 Å². The zero-order chi connectivity index (χ0) is 14.6. The van der Waals surface area contributed by atoms with E-state index in [0.717, 1.165) is 6.42 Å². The molecule has 0 aromatic rings. The van der Waals surface area contributed by atoms with Gasteiger partial charge in [-0.3, -0.25) is 4.79 Å². The summed E-state index contributed by atoms with van der Waals surface area (Å²) in [6, 6.07) is -0.0276. The Morgan fingerprint density at radius 1 is 1.26 bits per heavy atom. The standard InChI is InChI=1S/C16H31NO2/c1-10(2)8-15(16(18)19)17-14-9-12(5)6-7-13(14)11(3)4/h10-15,17H,6-9H2,1-5H3,(H,18,19). The van der Waals surface area contributed by atoms with Crippen molar-refractivity contribution in [2.45, 2.75) is 72.4 Å². The van der Waals surface area contributed by atoms with Crippen molar-refractivity contribution in [1.29, 1.82) is 0 Å². The van der Waals surface area contributed by atoms with Crippen molar-refractivity contribution >= 4 is 5.97 Å². The molecule has 4 unspecified atom stereocenters. The maximum absolute atomic E-state index is 11.4. The van der Waals surface area contributed by atoms with E-state index in [9.17, 15) is 9.90 Å². The summed E-state index contributed by atoms with van der Waals surface area (Å²) in [5, 5.41) is 12.8. The van der Waals surface area contributed by atoms with Crippen LogP contribution in [0.15, 0.2) is 0 Å². The number of aliphatic carboxylic acids is 1. The van der Waals surface area contributed by atoms with E-state index < -0.39 is 12.0 Å².